The number of aryl methyl sites for hydroxylation is 1. The fourth-order valence-corrected chi connectivity index (χ4v) is 4.40. The SMILES string of the molecule is COc1cc([N+](=O)[O-])ccc1NS(=O)(=O)c1c(C)ccc2nsnc12. The zero-order valence-electron chi connectivity index (χ0n) is 13.1. The summed E-state index contributed by atoms with van der Waals surface area (Å²) >= 11 is 0.919. The zero-order valence-corrected chi connectivity index (χ0v) is 14.7. The minimum atomic E-state index is -4.00. The van der Waals surface area contributed by atoms with Crippen molar-refractivity contribution in [2.75, 3.05) is 11.8 Å². The maximum absolute atomic E-state index is 12.9. The van der Waals surface area contributed by atoms with Crippen LogP contribution in [0.5, 0.6) is 5.75 Å². The molecule has 0 atom stereocenters. The summed E-state index contributed by atoms with van der Waals surface area (Å²) in [5, 5.41) is 10.8. The number of sulfonamides is 1. The summed E-state index contributed by atoms with van der Waals surface area (Å²) in [4.78, 5) is 10.3. The normalized spacial score (nSPS) is 11.4. The van der Waals surface area contributed by atoms with Crippen molar-refractivity contribution < 1.29 is 18.1 Å². The highest BCUT2D eigenvalue weighted by molar-refractivity contribution is 7.93. The molecule has 0 spiro atoms. The summed E-state index contributed by atoms with van der Waals surface area (Å²) in [5.74, 6) is 0.0407. The van der Waals surface area contributed by atoms with Gasteiger partial charge < -0.3 is 4.74 Å². The van der Waals surface area contributed by atoms with Crippen molar-refractivity contribution in [3.8, 4) is 5.75 Å². The molecule has 0 unspecified atom stereocenters. The highest BCUT2D eigenvalue weighted by Gasteiger charge is 2.24. The molecule has 2 aromatic carbocycles. The average molecular weight is 380 g/mol. The molecule has 1 aromatic heterocycles. The van der Waals surface area contributed by atoms with Crippen molar-refractivity contribution >= 4 is 44.2 Å². The van der Waals surface area contributed by atoms with Crippen LogP contribution in [0.3, 0.4) is 0 Å². The van der Waals surface area contributed by atoms with E-state index in [1.807, 2.05) is 0 Å². The predicted molar refractivity (Wildman–Crippen MR) is 92.6 cm³/mol. The molecule has 0 bridgehead atoms. The van der Waals surface area contributed by atoms with Crippen LogP contribution in [0, 0.1) is 17.0 Å². The minimum absolute atomic E-state index is 0.0131. The summed E-state index contributed by atoms with van der Waals surface area (Å²) in [6, 6.07) is 6.96. The third-order valence-corrected chi connectivity index (χ3v) is 5.57. The van der Waals surface area contributed by atoms with Crippen molar-refractivity contribution in [1.29, 1.82) is 0 Å². The van der Waals surface area contributed by atoms with E-state index in [1.54, 1.807) is 19.1 Å². The second kappa shape index (κ2) is 6.26. The smallest absolute Gasteiger partial charge is 0.273 e. The van der Waals surface area contributed by atoms with Crippen LogP contribution in [-0.4, -0.2) is 29.2 Å². The van der Waals surface area contributed by atoms with E-state index < -0.39 is 14.9 Å². The number of ether oxygens (including phenoxy) is 1. The lowest BCUT2D eigenvalue weighted by atomic mass is 10.2. The average Bonchev–Trinajstić information content (AvgIpc) is 3.02. The number of methoxy groups -OCH3 is 1. The molecule has 3 aromatic rings. The van der Waals surface area contributed by atoms with E-state index in [2.05, 4.69) is 13.5 Å². The number of fused-ring (bicyclic) bond motifs is 1. The van der Waals surface area contributed by atoms with E-state index in [1.165, 1.54) is 19.2 Å². The lowest BCUT2D eigenvalue weighted by Crippen LogP contribution is -2.15. The molecule has 0 saturated heterocycles. The van der Waals surface area contributed by atoms with Gasteiger partial charge in [-0.15, -0.1) is 0 Å². The predicted octanol–water partition coefficient (Wildman–Crippen LogP) is 2.72. The minimum Gasteiger partial charge on any atom is -0.494 e. The van der Waals surface area contributed by atoms with E-state index in [4.69, 9.17) is 4.74 Å². The second-order valence-electron chi connectivity index (χ2n) is 5.09. The third kappa shape index (κ3) is 3.10. The number of nitro benzene ring substituents is 1. The Morgan fingerprint density at radius 2 is 2.00 bits per heavy atom. The third-order valence-electron chi connectivity index (χ3n) is 3.49. The summed E-state index contributed by atoms with van der Waals surface area (Å²) in [7, 11) is -2.70. The van der Waals surface area contributed by atoms with Crippen LogP contribution in [0.2, 0.25) is 0 Å². The van der Waals surface area contributed by atoms with Gasteiger partial charge in [0.15, 0.2) is 0 Å². The van der Waals surface area contributed by atoms with Gasteiger partial charge in [0.05, 0.1) is 35.5 Å². The van der Waals surface area contributed by atoms with E-state index >= 15 is 0 Å². The highest BCUT2D eigenvalue weighted by atomic mass is 32.2. The lowest BCUT2D eigenvalue weighted by molar-refractivity contribution is -0.384. The summed E-state index contributed by atoms with van der Waals surface area (Å²) < 4.78 is 41.3. The van der Waals surface area contributed by atoms with Crippen molar-refractivity contribution in [2.45, 2.75) is 11.8 Å². The lowest BCUT2D eigenvalue weighted by Gasteiger charge is -2.13. The maximum atomic E-state index is 12.9. The van der Waals surface area contributed by atoms with Crippen LogP contribution in [0.25, 0.3) is 11.0 Å². The fraction of sp³-hybridized carbons (Fsp3) is 0.143. The molecule has 3 rings (SSSR count). The maximum Gasteiger partial charge on any atom is 0.273 e. The first-order valence-corrected chi connectivity index (χ1v) is 9.12. The molecule has 0 radical (unpaired) electrons. The fourth-order valence-electron chi connectivity index (χ4n) is 2.34. The van der Waals surface area contributed by atoms with E-state index in [0.29, 0.717) is 11.1 Å². The van der Waals surface area contributed by atoms with Crippen LogP contribution in [-0.2, 0) is 10.0 Å². The Balaban J connectivity index is 2.09. The monoisotopic (exact) mass is 380 g/mol. The Hall–Kier alpha value is -2.79. The molecule has 0 aliphatic carbocycles. The second-order valence-corrected chi connectivity index (χ2v) is 7.24. The van der Waals surface area contributed by atoms with E-state index in [9.17, 15) is 18.5 Å². The van der Waals surface area contributed by atoms with Gasteiger partial charge in [-0.2, -0.15) is 8.75 Å². The van der Waals surface area contributed by atoms with Crippen molar-refractivity contribution in [1.82, 2.24) is 8.75 Å². The van der Waals surface area contributed by atoms with Gasteiger partial charge in [-0.3, -0.25) is 14.8 Å². The molecule has 0 fully saturated rings. The van der Waals surface area contributed by atoms with Gasteiger partial charge in [0.25, 0.3) is 15.7 Å². The quantitative estimate of drug-likeness (QED) is 0.533. The van der Waals surface area contributed by atoms with Crippen LogP contribution < -0.4 is 9.46 Å². The molecule has 9 nitrogen and oxygen atoms in total. The molecular weight excluding hydrogens is 368 g/mol. The molecule has 0 aliphatic heterocycles. The highest BCUT2D eigenvalue weighted by Crippen LogP contribution is 2.33. The Kier molecular flexibility index (Phi) is 4.27. The van der Waals surface area contributed by atoms with Crippen molar-refractivity contribution in [3.05, 3.63) is 46.0 Å². The Labute approximate surface area is 146 Å². The van der Waals surface area contributed by atoms with Crippen molar-refractivity contribution in [2.24, 2.45) is 0 Å². The Morgan fingerprint density at radius 1 is 1.24 bits per heavy atom. The molecule has 11 heteroatoms. The first kappa shape index (κ1) is 17.0. The van der Waals surface area contributed by atoms with Crippen LogP contribution >= 0.6 is 11.7 Å². The summed E-state index contributed by atoms with van der Waals surface area (Å²) in [5.41, 5.74) is 1.15. The zero-order chi connectivity index (χ0) is 18.2. The molecule has 0 saturated carbocycles. The molecular formula is C14H12N4O5S2. The standard InChI is InChI=1S/C14H12N4O5S2/c1-8-3-5-11-13(16-24-15-11)14(8)25(21,22)17-10-6-4-9(18(19)20)7-12(10)23-2/h3-7,17H,1-2H3. The van der Waals surface area contributed by atoms with Gasteiger partial charge in [0.2, 0.25) is 0 Å². The number of hydrogen-bond donors (Lipinski definition) is 1. The van der Waals surface area contributed by atoms with Crippen LogP contribution in [0.1, 0.15) is 5.56 Å². The summed E-state index contributed by atoms with van der Waals surface area (Å²) in [6.07, 6.45) is 0. The number of rotatable bonds is 5. The first-order valence-electron chi connectivity index (χ1n) is 6.90. The number of nitrogens with zero attached hydrogens (tertiary/aromatic N) is 3. The Bertz CT molecular complexity index is 1080. The summed E-state index contributed by atoms with van der Waals surface area (Å²) in [6.45, 7) is 1.65. The van der Waals surface area contributed by atoms with Crippen LogP contribution in [0.4, 0.5) is 11.4 Å². The topological polar surface area (TPSA) is 124 Å². The number of anilines is 1. The number of aromatic nitrogens is 2. The number of nitrogens with one attached hydrogen (secondary N) is 1. The molecule has 130 valence electrons. The number of benzene rings is 2. The van der Waals surface area contributed by atoms with E-state index in [-0.39, 0.29) is 27.5 Å². The van der Waals surface area contributed by atoms with Gasteiger partial charge >= 0.3 is 0 Å². The van der Waals surface area contributed by atoms with E-state index in [0.717, 1.165) is 17.8 Å². The van der Waals surface area contributed by atoms with Crippen LogP contribution in [0.15, 0.2) is 35.2 Å². The van der Waals surface area contributed by atoms with Gasteiger partial charge in [-0.25, -0.2) is 8.42 Å². The molecule has 1 heterocycles. The Morgan fingerprint density at radius 3 is 2.68 bits per heavy atom. The number of nitro groups is 1. The number of non-ortho nitro benzene ring substituents is 1. The molecule has 1 N–H and O–H groups in total. The largest absolute Gasteiger partial charge is 0.494 e. The molecule has 0 aliphatic rings. The number of hydrogen-bond acceptors (Lipinski definition) is 8. The first-order chi connectivity index (χ1) is 11.8. The van der Waals surface area contributed by atoms with Gasteiger partial charge in [0.1, 0.15) is 21.7 Å². The molecule has 25 heavy (non-hydrogen) atoms. The van der Waals surface area contributed by atoms with Gasteiger partial charge in [-0.05, 0) is 24.6 Å². The van der Waals surface area contributed by atoms with Gasteiger partial charge in [0, 0.05) is 6.07 Å². The van der Waals surface area contributed by atoms with Crippen molar-refractivity contribution in [3.63, 3.8) is 0 Å². The van der Waals surface area contributed by atoms with Gasteiger partial charge in [-0.1, -0.05) is 6.07 Å². The molecule has 0 amide bonds.